The van der Waals surface area contributed by atoms with Gasteiger partial charge in [0.25, 0.3) is 0 Å². The van der Waals surface area contributed by atoms with Crippen molar-refractivity contribution in [2.24, 2.45) is 11.8 Å². The van der Waals surface area contributed by atoms with Crippen molar-refractivity contribution in [1.29, 1.82) is 0 Å². The number of hydrogen-bond acceptors (Lipinski definition) is 1. The van der Waals surface area contributed by atoms with Crippen LogP contribution in [0.1, 0.15) is 27.2 Å². The van der Waals surface area contributed by atoms with Gasteiger partial charge in [0.05, 0.1) is 0 Å². The van der Waals surface area contributed by atoms with Crippen LogP contribution in [-0.4, -0.2) is 12.6 Å². The second kappa shape index (κ2) is 2.70. The lowest BCUT2D eigenvalue weighted by molar-refractivity contribution is 0.579. The fourth-order valence-corrected chi connectivity index (χ4v) is 1.61. The van der Waals surface area contributed by atoms with Crippen molar-refractivity contribution in [2.75, 3.05) is 6.54 Å². The highest BCUT2D eigenvalue weighted by molar-refractivity contribution is 5.00. The van der Waals surface area contributed by atoms with Crippen molar-refractivity contribution in [3.63, 3.8) is 0 Å². The summed E-state index contributed by atoms with van der Waals surface area (Å²) >= 11 is 0. The van der Waals surface area contributed by atoms with Crippen molar-refractivity contribution >= 4 is 0 Å². The van der Waals surface area contributed by atoms with Crippen molar-refractivity contribution in [1.82, 2.24) is 5.32 Å². The second-order valence-corrected chi connectivity index (χ2v) is 2.86. The summed E-state index contributed by atoms with van der Waals surface area (Å²) in [5, 5.41) is 3.42. The highest BCUT2D eigenvalue weighted by Crippen LogP contribution is 2.44. The van der Waals surface area contributed by atoms with Gasteiger partial charge in [-0.25, -0.2) is 0 Å². The third kappa shape index (κ3) is 1.26. The van der Waals surface area contributed by atoms with E-state index in [9.17, 15) is 0 Å². The summed E-state index contributed by atoms with van der Waals surface area (Å²) in [6.45, 7) is 7.59. The van der Waals surface area contributed by atoms with E-state index >= 15 is 0 Å². The van der Waals surface area contributed by atoms with Gasteiger partial charge in [-0.15, -0.1) is 0 Å². The van der Waals surface area contributed by atoms with Crippen LogP contribution in [0.5, 0.6) is 0 Å². The molecule has 1 saturated carbocycles. The van der Waals surface area contributed by atoms with Crippen LogP contribution in [0.2, 0.25) is 0 Å². The van der Waals surface area contributed by atoms with Gasteiger partial charge in [0.15, 0.2) is 0 Å². The fourth-order valence-electron chi connectivity index (χ4n) is 1.61. The van der Waals surface area contributed by atoms with Gasteiger partial charge in [-0.2, -0.15) is 0 Å². The Hall–Kier alpha value is -0.0400. The molecule has 0 aromatic carbocycles. The van der Waals surface area contributed by atoms with E-state index < -0.39 is 0 Å². The SMILES string of the molecule is CC.CC1NCC2CC21. The Morgan fingerprint density at radius 3 is 2.11 bits per heavy atom. The molecule has 2 aliphatic rings. The van der Waals surface area contributed by atoms with Gasteiger partial charge in [-0.1, -0.05) is 13.8 Å². The number of hydrogen-bond donors (Lipinski definition) is 1. The number of fused-ring (bicyclic) bond motifs is 1. The Kier molecular flexibility index (Phi) is 2.12. The first kappa shape index (κ1) is 7.07. The van der Waals surface area contributed by atoms with E-state index in [0.29, 0.717) is 0 Å². The molecule has 0 aromatic heterocycles. The molecule has 0 bridgehead atoms. The Morgan fingerprint density at radius 1 is 1.33 bits per heavy atom. The molecule has 0 amide bonds. The highest BCUT2D eigenvalue weighted by Gasteiger charge is 2.45. The van der Waals surface area contributed by atoms with Crippen molar-refractivity contribution in [3.05, 3.63) is 0 Å². The third-order valence-corrected chi connectivity index (χ3v) is 2.32. The molecular weight excluding hydrogens is 110 g/mol. The van der Waals surface area contributed by atoms with Crippen LogP contribution < -0.4 is 5.32 Å². The largest absolute Gasteiger partial charge is 0.314 e. The molecule has 1 N–H and O–H groups in total. The smallest absolute Gasteiger partial charge is 0.00703 e. The van der Waals surface area contributed by atoms with Crippen LogP contribution in [0, 0.1) is 11.8 Å². The topological polar surface area (TPSA) is 12.0 Å². The molecule has 2 rings (SSSR count). The fraction of sp³-hybridized carbons (Fsp3) is 1.00. The molecule has 1 nitrogen and oxygen atoms in total. The summed E-state index contributed by atoms with van der Waals surface area (Å²) in [4.78, 5) is 0. The Bertz CT molecular complexity index is 90.6. The molecule has 0 spiro atoms. The van der Waals surface area contributed by atoms with Crippen LogP contribution in [0.3, 0.4) is 0 Å². The van der Waals surface area contributed by atoms with E-state index in [1.165, 1.54) is 13.0 Å². The minimum Gasteiger partial charge on any atom is -0.314 e. The molecule has 2 fully saturated rings. The molecule has 0 radical (unpaired) electrons. The minimum absolute atomic E-state index is 0.838. The lowest BCUT2D eigenvalue weighted by atomic mass is 10.2. The first-order valence-electron chi connectivity index (χ1n) is 4.11. The Morgan fingerprint density at radius 2 is 2.00 bits per heavy atom. The zero-order chi connectivity index (χ0) is 6.85. The molecule has 1 aliphatic carbocycles. The second-order valence-electron chi connectivity index (χ2n) is 2.86. The van der Waals surface area contributed by atoms with E-state index in [1.807, 2.05) is 13.8 Å². The maximum Gasteiger partial charge on any atom is 0.00703 e. The van der Waals surface area contributed by atoms with E-state index in [2.05, 4.69) is 12.2 Å². The molecule has 1 heterocycles. The molecule has 1 saturated heterocycles. The highest BCUT2D eigenvalue weighted by atomic mass is 15.0. The van der Waals surface area contributed by atoms with E-state index in [0.717, 1.165) is 17.9 Å². The van der Waals surface area contributed by atoms with Crippen LogP contribution in [-0.2, 0) is 0 Å². The third-order valence-electron chi connectivity index (χ3n) is 2.32. The van der Waals surface area contributed by atoms with Crippen LogP contribution in [0.4, 0.5) is 0 Å². The maximum absolute atomic E-state index is 3.42. The lowest BCUT2D eigenvalue weighted by Gasteiger charge is -2.01. The zero-order valence-electron chi connectivity index (χ0n) is 6.65. The van der Waals surface area contributed by atoms with Crippen molar-refractivity contribution in [2.45, 2.75) is 33.2 Å². The standard InChI is InChI=1S/C6H11N.C2H6/c1-4-6-2-5(6)3-7-4;1-2/h4-7H,2-3H2,1H3;1-2H3. The molecule has 1 aliphatic heterocycles. The molecule has 0 aromatic rings. The summed E-state index contributed by atoms with van der Waals surface area (Å²) in [5.74, 6) is 2.15. The monoisotopic (exact) mass is 127 g/mol. The average molecular weight is 127 g/mol. The molecule has 1 heteroatoms. The lowest BCUT2D eigenvalue weighted by Crippen LogP contribution is -2.21. The number of rotatable bonds is 0. The Balaban J connectivity index is 0.000000186. The summed E-state index contributed by atoms with van der Waals surface area (Å²) < 4.78 is 0. The quantitative estimate of drug-likeness (QED) is 0.521. The number of nitrogens with one attached hydrogen (secondary N) is 1. The molecule has 9 heavy (non-hydrogen) atoms. The average Bonchev–Trinajstić information content (AvgIpc) is 2.61. The van der Waals surface area contributed by atoms with Gasteiger partial charge >= 0.3 is 0 Å². The van der Waals surface area contributed by atoms with Gasteiger partial charge in [-0.3, -0.25) is 0 Å². The molecule has 3 unspecified atom stereocenters. The molecule has 54 valence electrons. The normalized spacial score (nSPS) is 45.0. The van der Waals surface area contributed by atoms with E-state index in [1.54, 1.807) is 0 Å². The van der Waals surface area contributed by atoms with Gasteiger partial charge in [-0.05, 0) is 31.7 Å². The minimum atomic E-state index is 0.838. The van der Waals surface area contributed by atoms with Gasteiger partial charge in [0.1, 0.15) is 0 Å². The summed E-state index contributed by atoms with van der Waals surface area (Å²) in [6, 6.07) is 0.838. The predicted octanol–water partition coefficient (Wildman–Crippen LogP) is 1.64. The van der Waals surface area contributed by atoms with E-state index in [4.69, 9.17) is 0 Å². The van der Waals surface area contributed by atoms with Gasteiger partial charge in [0.2, 0.25) is 0 Å². The summed E-state index contributed by atoms with van der Waals surface area (Å²) in [5.41, 5.74) is 0. The van der Waals surface area contributed by atoms with Crippen molar-refractivity contribution in [3.8, 4) is 0 Å². The maximum atomic E-state index is 3.42. The first-order valence-corrected chi connectivity index (χ1v) is 4.11. The summed E-state index contributed by atoms with van der Waals surface area (Å²) in [6.07, 6.45) is 1.51. The zero-order valence-corrected chi connectivity index (χ0v) is 6.65. The van der Waals surface area contributed by atoms with Crippen LogP contribution >= 0.6 is 0 Å². The first-order chi connectivity index (χ1) is 4.38. The molecule has 3 atom stereocenters. The predicted molar refractivity (Wildman–Crippen MR) is 40.4 cm³/mol. The van der Waals surface area contributed by atoms with Gasteiger partial charge < -0.3 is 5.32 Å². The van der Waals surface area contributed by atoms with Crippen LogP contribution in [0.15, 0.2) is 0 Å². The van der Waals surface area contributed by atoms with E-state index in [-0.39, 0.29) is 0 Å². The van der Waals surface area contributed by atoms with Gasteiger partial charge in [0, 0.05) is 6.04 Å². The van der Waals surface area contributed by atoms with Crippen molar-refractivity contribution < 1.29 is 0 Å². The molecular formula is C8H17N. The Labute approximate surface area is 57.8 Å². The van der Waals surface area contributed by atoms with Crippen LogP contribution in [0.25, 0.3) is 0 Å². The number of piperidine rings is 1. The summed E-state index contributed by atoms with van der Waals surface area (Å²) in [7, 11) is 0.